The van der Waals surface area contributed by atoms with Gasteiger partial charge in [0.25, 0.3) is 0 Å². The monoisotopic (exact) mass is 278 g/mol. The zero-order valence-electron chi connectivity index (χ0n) is 10.3. The molecule has 0 aromatic heterocycles. The maximum Gasteiger partial charge on any atom is 0.223 e. The van der Waals surface area contributed by atoms with Crippen LogP contribution in [0.2, 0.25) is 0 Å². The quantitative estimate of drug-likeness (QED) is 0.593. The van der Waals surface area contributed by atoms with Crippen molar-refractivity contribution >= 4 is 35.1 Å². The van der Waals surface area contributed by atoms with Gasteiger partial charge in [-0.25, -0.2) is 0 Å². The number of carboxylic acids is 1. The zero-order valence-corrected chi connectivity index (χ0v) is 11.2. The third kappa shape index (κ3) is 2.96. The van der Waals surface area contributed by atoms with E-state index in [0.717, 1.165) is 10.6 Å². The van der Waals surface area contributed by atoms with Gasteiger partial charge in [0, 0.05) is 35.6 Å². The second-order valence-corrected chi connectivity index (χ2v) is 5.31. The highest BCUT2D eigenvalue weighted by Gasteiger charge is 2.21. The normalized spacial score (nSPS) is 13.8. The van der Waals surface area contributed by atoms with Gasteiger partial charge in [-0.2, -0.15) is 0 Å². The van der Waals surface area contributed by atoms with Crippen molar-refractivity contribution in [3.63, 3.8) is 0 Å². The minimum atomic E-state index is -1.40. The summed E-state index contributed by atoms with van der Waals surface area (Å²) < 4.78 is 0. The Morgan fingerprint density at radius 2 is 2.11 bits per heavy atom. The van der Waals surface area contributed by atoms with Gasteiger partial charge in [0.05, 0.1) is 12.1 Å². The van der Waals surface area contributed by atoms with Crippen molar-refractivity contribution in [2.24, 2.45) is 0 Å². The van der Waals surface area contributed by atoms with Crippen molar-refractivity contribution in [3.8, 4) is 0 Å². The summed E-state index contributed by atoms with van der Waals surface area (Å²) in [6, 6.07) is 4.91. The Labute approximate surface area is 114 Å². The lowest BCUT2D eigenvalue weighted by molar-refractivity contribution is -0.304. The van der Waals surface area contributed by atoms with Crippen molar-refractivity contribution in [2.75, 3.05) is 17.2 Å². The molecule has 0 spiro atoms. The molecule has 1 heterocycles. The van der Waals surface area contributed by atoms with Crippen LogP contribution in [0.5, 0.6) is 0 Å². The van der Waals surface area contributed by atoms with Gasteiger partial charge in [-0.05, 0) is 12.1 Å². The SMILES string of the molecule is CC(=O)N1CCSc2ccc(C(=O)CC(=O)[O-])cc21. The smallest absolute Gasteiger partial charge is 0.223 e. The fraction of sp³-hybridized carbons (Fsp3) is 0.308. The van der Waals surface area contributed by atoms with E-state index in [1.807, 2.05) is 0 Å². The van der Waals surface area contributed by atoms with E-state index in [1.54, 1.807) is 34.9 Å². The van der Waals surface area contributed by atoms with E-state index in [9.17, 15) is 19.5 Å². The lowest BCUT2D eigenvalue weighted by Gasteiger charge is -2.28. The molecule has 0 bridgehead atoms. The van der Waals surface area contributed by atoms with E-state index >= 15 is 0 Å². The van der Waals surface area contributed by atoms with Gasteiger partial charge in [0.1, 0.15) is 0 Å². The number of amides is 1. The highest BCUT2D eigenvalue weighted by Crippen LogP contribution is 2.35. The summed E-state index contributed by atoms with van der Waals surface area (Å²) in [4.78, 5) is 36.2. The third-order valence-electron chi connectivity index (χ3n) is 2.83. The van der Waals surface area contributed by atoms with Crippen LogP contribution >= 0.6 is 11.8 Å². The van der Waals surface area contributed by atoms with Crippen LogP contribution < -0.4 is 10.0 Å². The van der Waals surface area contributed by atoms with Gasteiger partial charge >= 0.3 is 0 Å². The van der Waals surface area contributed by atoms with Gasteiger partial charge in [-0.15, -0.1) is 11.8 Å². The number of carbonyl (C=O) groups excluding carboxylic acids is 3. The summed E-state index contributed by atoms with van der Waals surface area (Å²) in [6.45, 7) is 2.06. The summed E-state index contributed by atoms with van der Waals surface area (Å²) in [5, 5.41) is 10.4. The zero-order chi connectivity index (χ0) is 14.0. The van der Waals surface area contributed by atoms with Gasteiger partial charge < -0.3 is 14.8 Å². The molecule has 0 atom stereocenters. The molecule has 1 amide bonds. The highest BCUT2D eigenvalue weighted by atomic mass is 32.2. The number of hydrogen-bond acceptors (Lipinski definition) is 5. The van der Waals surface area contributed by atoms with Gasteiger partial charge in [0.2, 0.25) is 5.91 Å². The average Bonchev–Trinajstić information content (AvgIpc) is 2.36. The second kappa shape index (κ2) is 5.44. The molecule has 5 nitrogen and oxygen atoms in total. The van der Waals surface area contributed by atoms with Crippen LogP contribution in [0, 0.1) is 0 Å². The number of thioether (sulfide) groups is 1. The number of carbonyl (C=O) groups is 3. The Balaban J connectivity index is 2.35. The minimum absolute atomic E-state index is 0.0916. The molecule has 2 rings (SSSR count). The molecule has 0 aliphatic carbocycles. The number of nitrogens with zero attached hydrogens (tertiary/aromatic N) is 1. The van der Waals surface area contributed by atoms with E-state index in [-0.39, 0.29) is 11.5 Å². The molecule has 1 aromatic carbocycles. The lowest BCUT2D eigenvalue weighted by atomic mass is 10.1. The lowest BCUT2D eigenvalue weighted by Crippen LogP contribution is -2.33. The molecule has 0 saturated heterocycles. The fourth-order valence-corrected chi connectivity index (χ4v) is 2.93. The minimum Gasteiger partial charge on any atom is -0.550 e. The van der Waals surface area contributed by atoms with Crippen molar-refractivity contribution in [1.29, 1.82) is 0 Å². The van der Waals surface area contributed by atoms with Gasteiger partial charge in [0.15, 0.2) is 5.78 Å². The second-order valence-electron chi connectivity index (χ2n) is 4.17. The Kier molecular flexibility index (Phi) is 3.90. The van der Waals surface area contributed by atoms with Crippen LogP contribution in [0.15, 0.2) is 23.1 Å². The molecule has 0 saturated carbocycles. The molecule has 6 heteroatoms. The average molecular weight is 278 g/mol. The summed E-state index contributed by atoms with van der Waals surface area (Å²) in [5.41, 5.74) is 0.963. The van der Waals surface area contributed by atoms with E-state index in [0.29, 0.717) is 12.2 Å². The summed E-state index contributed by atoms with van der Waals surface area (Å²) in [5.74, 6) is -1.20. The Hall–Kier alpha value is -1.82. The molecule has 0 unspecified atom stereocenters. The molecular weight excluding hydrogens is 266 g/mol. The number of aliphatic carboxylic acids is 1. The Morgan fingerprint density at radius 3 is 2.74 bits per heavy atom. The van der Waals surface area contributed by atoms with Crippen LogP contribution in [0.4, 0.5) is 5.69 Å². The standard InChI is InChI=1S/C13H13NO4S/c1-8(15)14-4-5-19-12-3-2-9(6-10(12)14)11(16)7-13(17)18/h2-3,6H,4-5,7H2,1H3,(H,17,18)/p-1. The first-order valence-corrected chi connectivity index (χ1v) is 6.75. The number of ketones is 1. The van der Waals surface area contributed by atoms with Crippen molar-refractivity contribution in [2.45, 2.75) is 18.2 Å². The van der Waals surface area contributed by atoms with E-state index in [1.165, 1.54) is 6.92 Å². The molecule has 1 aliphatic rings. The first-order chi connectivity index (χ1) is 8.99. The summed E-state index contributed by atoms with van der Waals surface area (Å²) >= 11 is 1.61. The first-order valence-electron chi connectivity index (χ1n) is 5.77. The van der Waals surface area contributed by atoms with Crippen molar-refractivity contribution in [3.05, 3.63) is 23.8 Å². The molecule has 0 fully saturated rings. The van der Waals surface area contributed by atoms with Crippen molar-refractivity contribution < 1.29 is 19.5 Å². The highest BCUT2D eigenvalue weighted by molar-refractivity contribution is 7.99. The first kappa shape index (κ1) is 13.6. The van der Waals surface area contributed by atoms with Gasteiger partial charge in [-0.3, -0.25) is 9.59 Å². The van der Waals surface area contributed by atoms with Crippen LogP contribution in [-0.2, 0) is 9.59 Å². The Bertz CT molecular complexity index is 556. The largest absolute Gasteiger partial charge is 0.550 e. The van der Waals surface area contributed by atoms with Crippen LogP contribution in [0.3, 0.4) is 0 Å². The molecular formula is C13H12NO4S-. The fourth-order valence-electron chi connectivity index (χ4n) is 1.95. The van der Waals surface area contributed by atoms with Crippen molar-refractivity contribution in [1.82, 2.24) is 0 Å². The number of benzene rings is 1. The molecule has 100 valence electrons. The van der Waals surface area contributed by atoms with Gasteiger partial charge in [-0.1, -0.05) is 6.07 Å². The number of fused-ring (bicyclic) bond motifs is 1. The molecule has 19 heavy (non-hydrogen) atoms. The van der Waals surface area contributed by atoms with Crippen LogP contribution in [0.25, 0.3) is 0 Å². The predicted molar refractivity (Wildman–Crippen MR) is 69.1 cm³/mol. The van der Waals surface area contributed by atoms with Crippen LogP contribution in [0.1, 0.15) is 23.7 Å². The maximum atomic E-state index is 11.7. The number of Topliss-reactive ketones (excluding diaryl/α,β-unsaturated/α-hetero) is 1. The number of carboxylic acid groups (broad SMARTS) is 1. The number of anilines is 1. The molecule has 1 aliphatic heterocycles. The number of hydrogen-bond donors (Lipinski definition) is 0. The predicted octanol–water partition coefficient (Wildman–Crippen LogP) is 0.468. The third-order valence-corrected chi connectivity index (χ3v) is 3.87. The van der Waals surface area contributed by atoms with E-state index in [2.05, 4.69) is 0 Å². The van der Waals surface area contributed by atoms with Crippen LogP contribution in [-0.4, -0.2) is 30.0 Å². The Morgan fingerprint density at radius 1 is 1.37 bits per heavy atom. The van der Waals surface area contributed by atoms with E-state index < -0.39 is 18.2 Å². The summed E-state index contributed by atoms with van der Waals surface area (Å²) in [7, 11) is 0. The number of rotatable bonds is 3. The molecule has 0 N–H and O–H groups in total. The molecule has 0 radical (unpaired) electrons. The topological polar surface area (TPSA) is 77.5 Å². The maximum absolute atomic E-state index is 11.7. The summed E-state index contributed by atoms with van der Waals surface area (Å²) in [6.07, 6.45) is -0.647. The molecule has 1 aromatic rings. The van der Waals surface area contributed by atoms with E-state index in [4.69, 9.17) is 0 Å².